The van der Waals surface area contributed by atoms with E-state index in [0.29, 0.717) is 31.6 Å². The van der Waals surface area contributed by atoms with Crippen LogP contribution in [0.3, 0.4) is 0 Å². The number of hydrogen-bond donors (Lipinski definition) is 3. The van der Waals surface area contributed by atoms with Crippen LogP contribution >= 0.6 is 15.6 Å². The second kappa shape index (κ2) is 71.1. The average Bonchev–Trinajstić information content (AvgIpc) is 1.31. The van der Waals surface area contributed by atoms with E-state index in [0.717, 1.165) is 96.3 Å². The highest BCUT2D eigenvalue weighted by atomic mass is 31.2. The van der Waals surface area contributed by atoms with Crippen LogP contribution in [0.15, 0.2) is 0 Å². The van der Waals surface area contributed by atoms with E-state index in [2.05, 4.69) is 34.6 Å². The Morgan fingerprint density at radius 2 is 0.474 bits per heavy atom. The van der Waals surface area contributed by atoms with Crippen LogP contribution in [0.4, 0.5) is 0 Å². The van der Waals surface area contributed by atoms with E-state index in [1.807, 2.05) is 0 Å². The number of esters is 4. The molecule has 0 saturated heterocycles. The predicted molar refractivity (Wildman–Crippen MR) is 395 cm³/mol. The molecule has 3 N–H and O–H groups in total. The van der Waals surface area contributed by atoms with E-state index in [4.69, 9.17) is 37.0 Å². The van der Waals surface area contributed by atoms with Gasteiger partial charge in [-0.25, -0.2) is 9.13 Å². The quantitative estimate of drug-likeness (QED) is 0.0222. The summed E-state index contributed by atoms with van der Waals surface area (Å²) in [6, 6.07) is 0. The minimum atomic E-state index is -4.96. The van der Waals surface area contributed by atoms with Gasteiger partial charge < -0.3 is 33.8 Å². The lowest BCUT2D eigenvalue weighted by molar-refractivity contribution is -0.161. The molecule has 0 amide bonds. The lowest BCUT2D eigenvalue weighted by Gasteiger charge is -2.21. The Hall–Kier alpha value is -1.94. The van der Waals surface area contributed by atoms with E-state index < -0.39 is 97.5 Å². The monoisotopic (exact) mass is 1420 g/mol. The van der Waals surface area contributed by atoms with Crippen molar-refractivity contribution in [2.45, 2.75) is 432 Å². The van der Waals surface area contributed by atoms with Gasteiger partial charge >= 0.3 is 39.5 Å². The van der Waals surface area contributed by atoms with Crippen molar-refractivity contribution >= 4 is 39.5 Å². The predicted octanol–water partition coefficient (Wildman–Crippen LogP) is 23.3. The van der Waals surface area contributed by atoms with Gasteiger partial charge in [0.2, 0.25) is 0 Å². The number of ether oxygens (including phenoxy) is 4. The molecule has 19 heteroatoms. The maximum absolute atomic E-state index is 13.1. The van der Waals surface area contributed by atoms with Crippen LogP contribution in [0.2, 0.25) is 0 Å². The molecule has 0 aromatic carbocycles. The van der Waals surface area contributed by atoms with Crippen molar-refractivity contribution in [3.63, 3.8) is 0 Å². The Bertz CT molecular complexity index is 1860. The van der Waals surface area contributed by atoms with Gasteiger partial charge in [-0.2, -0.15) is 0 Å². The van der Waals surface area contributed by atoms with Crippen LogP contribution in [0.1, 0.15) is 413 Å². The fraction of sp³-hybridized carbons (Fsp3) is 0.949. The number of unbranched alkanes of at least 4 members (excludes halogenated alkanes) is 50. The normalized spacial score (nSPS) is 13.9. The minimum absolute atomic E-state index is 0.107. The standard InChI is InChI=1S/C78H152O17P2/c1-6-9-12-15-18-21-24-27-28-29-30-31-32-33-34-35-38-41-44-47-54-59-64-77(82)94-73(67-88-75(80)61-56-51-45-42-39-36-25-22-19-16-13-10-7-2)69-92-96(84,85)90-65-72(79)66-91-97(86,87)93-70-74(68-89-76(81)62-57-52-49-48-50-55-60-71(4)5)95-78(83)63-58-53-46-43-40-37-26-23-20-17-14-11-8-3/h71-74,79H,6-70H2,1-5H3,(H,84,85)(H,86,87)/t72-,73-,74-/m1/s1. The number of aliphatic hydroxyl groups excluding tert-OH is 1. The first-order valence-corrected chi connectivity index (χ1v) is 43.6. The minimum Gasteiger partial charge on any atom is -0.462 e. The second-order valence-corrected chi connectivity index (χ2v) is 31.5. The molecular weight excluding hydrogens is 1270 g/mol. The third-order valence-electron chi connectivity index (χ3n) is 18.3. The molecule has 0 heterocycles. The van der Waals surface area contributed by atoms with Crippen molar-refractivity contribution in [1.29, 1.82) is 0 Å². The molecular formula is C78H152O17P2. The molecule has 2 unspecified atom stereocenters. The average molecular weight is 1420 g/mol. The summed E-state index contributed by atoms with van der Waals surface area (Å²) in [7, 11) is -9.91. The molecule has 97 heavy (non-hydrogen) atoms. The maximum Gasteiger partial charge on any atom is 0.472 e. The zero-order valence-corrected chi connectivity index (χ0v) is 65.0. The van der Waals surface area contributed by atoms with Gasteiger partial charge in [-0.1, -0.05) is 362 Å². The van der Waals surface area contributed by atoms with Crippen LogP contribution in [0.25, 0.3) is 0 Å². The summed E-state index contributed by atoms with van der Waals surface area (Å²) in [4.78, 5) is 72.8. The summed E-state index contributed by atoms with van der Waals surface area (Å²) < 4.78 is 68.5. The molecule has 0 aliphatic rings. The zero-order chi connectivity index (χ0) is 71.2. The van der Waals surface area contributed by atoms with Gasteiger partial charge in [0.05, 0.1) is 26.4 Å². The number of phosphoric ester groups is 2. The van der Waals surface area contributed by atoms with Crippen LogP contribution in [0.5, 0.6) is 0 Å². The smallest absolute Gasteiger partial charge is 0.462 e. The van der Waals surface area contributed by atoms with Gasteiger partial charge in [0.15, 0.2) is 12.2 Å². The summed E-state index contributed by atoms with van der Waals surface area (Å²) in [6.45, 7) is 7.22. The number of rotatable bonds is 78. The molecule has 0 saturated carbocycles. The van der Waals surface area contributed by atoms with Crippen molar-refractivity contribution in [3.8, 4) is 0 Å². The van der Waals surface area contributed by atoms with Crippen molar-refractivity contribution in [3.05, 3.63) is 0 Å². The van der Waals surface area contributed by atoms with Gasteiger partial charge in [0.1, 0.15) is 19.3 Å². The van der Waals surface area contributed by atoms with Crippen LogP contribution in [0, 0.1) is 5.92 Å². The zero-order valence-electron chi connectivity index (χ0n) is 63.2. The van der Waals surface area contributed by atoms with Gasteiger partial charge in [0.25, 0.3) is 0 Å². The molecule has 0 spiro atoms. The summed E-state index contributed by atoms with van der Waals surface area (Å²) in [5, 5.41) is 10.6. The molecule has 0 fully saturated rings. The highest BCUT2D eigenvalue weighted by molar-refractivity contribution is 7.47. The summed E-state index contributed by atoms with van der Waals surface area (Å²) >= 11 is 0. The van der Waals surface area contributed by atoms with Crippen molar-refractivity contribution in [2.75, 3.05) is 39.6 Å². The Labute approximate surface area is 594 Å². The van der Waals surface area contributed by atoms with E-state index in [1.165, 1.54) is 231 Å². The number of aliphatic hydroxyl groups is 1. The Morgan fingerprint density at radius 1 is 0.278 bits per heavy atom. The van der Waals surface area contributed by atoms with E-state index in [9.17, 15) is 43.2 Å². The topological polar surface area (TPSA) is 237 Å². The van der Waals surface area contributed by atoms with Crippen LogP contribution in [-0.2, 0) is 65.4 Å². The highest BCUT2D eigenvalue weighted by Gasteiger charge is 2.30. The van der Waals surface area contributed by atoms with E-state index >= 15 is 0 Å². The molecule has 5 atom stereocenters. The first-order chi connectivity index (χ1) is 47.0. The molecule has 0 aliphatic carbocycles. The fourth-order valence-corrected chi connectivity index (χ4v) is 13.6. The summed E-state index contributed by atoms with van der Waals surface area (Å²) in [5.41, 5.74) is 0. The first-order valence-electron chi connectivity index (χ1n) is 40.6. The van der Waals surface area contributed by atoms with Crippen molar-refractivity contribution in [1.82, 2.24) is 0 Å². The SMILES string of the molecule is CCCCCCCCCCCCCCCCCCCCCCCCC(=O)O[C@H](COC(=O)CCCCCCCCCCCCCCC)COP(=O)(O)OC[C@@H](O)COP(=O)(O)OC[C@@H](COC(=O)CCCCCCCCC(C)C)OC(=O)CCCCCCCCCCCCCCC. The molecule has 0 rings (SSSR count). The third kappa shape index (κ3) is 72.2. The third-order valence-corrected chi connectivity index (χ3v) is 20.2. The molecule has 0 bridgehead atoms. The van der Waals surface area contributed by atoms with Crippen molar-refractivity contribution < 1.29 is 80.2 Å². The number of hydrogen-bond acceptors (Lipinski definition) is 15. The lowest BCUT2D eigenvalue weighted by atomic mass is 10.0. The van der Waals surface area contributed by atoms with E-state index in [-0.39, 0.29) is 25.7 Å². The van der Waals surface area contributed by atoms with Gasteiger partial charge in [-0.15, -0.1) is 0 Å². The highest BCUT2D eigenvalue weighted by Crippen LogP contribution is 2.45. The maximum atomic E-state index is 13.1. The molecule has 0 radical (unpaired) electrons. The first kappa shape index (κ1) is 95.1. The molecule has 0 aromatic heterocycles. The Kier molecular flexibility index (Phi) is 69.6. The lowest BCUT2D eigenvalue weighted by Crippen LogP contribution is -2.30. The summed E-state index contributed by atoms with van der Waals surface area (Å²) in [5.74, 6) is -1.43. The Morgan fingerprint density at radius 3 is 0.701 bits per heavy atom. The molecule has 0 aliphatic heterocycles. The van der Waals surface area contributed by atoms with Gasteiger partial charge in [0, 0.05) is 25.7 Å². The Balaban J connectivity index is 5.17. The molecule has 0 aromatic rings. The van der Waals surface area contributed by atoms with Crippen LogP contribution in [-0.4, -0.2) is 96.7 Å². The van der Waals surface area contributed by atoms with Crippen molar-refractivity contribution in [2.24, 2.45) is 5.92 Å². The number of carbonyl (C=O) groups excluding carboxylic acids is 4. The molecule has 17 nitrogen and oxygen atoms in total. The summed E-state index contributed by atoms with van der Waals surface area (Å²) in [6.07, 6.45) is 61.3. The van der Waals surface area contributed by atoms with Gasteiger partial charge in [-0.3, -0.25) is 37.3 Å². The largest absolute Gasteiger partial charge is 0.472 e. The second-order valence-electron chi connectivity index (χ2n) is 28.6. The molecule has 576 valence electrons. The number of carbonyl (C=O) groups is 4. The van der Waals surface area contributed by atoms with E-state index in [1.54, 1.807) is 0 Å². The number of phosphoric acid groups is 2. The van der Waals surface area contributed by atoms with Crippen LogP contribution < -0.4 is 0 Å². The van der Waals surface area contributed by atoms with Gasteiger partial charge in [-0.05, 0) is 31.6 Å². The fourth-order valence-electron chi connectivity index (χ4n) is 12.1.